The standard InChI is InChI=1S/C12H15N3O4/c1-4-7(2)11(16)14-12(17)9-5-8(3)13-10(6-9)15(18)19/h5-7H,4H2,1-3H3,(H,14,16,17). The van der Waals surface area contributed by atoms with E-state index in [4.69, 9.17) is 0 Å². The van der Waals surface area contributed by atoms with E-state index in [0.29, 0.717) is 12.1 Å². The molecule has 2 amide bonds. The molecule has 1 unspecified atom stereocenters. The quantitative estimate of drug-likeness (QED) is 0.658. The van der Waals surface area contributed by atoms with E-state index in [9.17, 15) is 19.7 Å². The number of hydrogen-bond acceptors (Lipinski definition) is 5. The Labute approximate surface area is 110 Å². The van der Waals surface area contributed by atoms with Gasteiger partial charge in [-0.2, -0.15) is 0 Å². The topological polar surface area (TPSA) is 102 Å². The van der Waals surface area contributed by atoms with Crippen LogP contribution in [0.3, 0.4) is 0 Å². The number of carbonyl (C=O) groups excluding carboxylic acids is 2. The van der Waals surface area contributed by atoms with Gasteiger partial charge in [0, 0.05) is 18.9 Å². The maximum atomic E-state index is 11.8. The summed E-state index contributed by atoms with van der Waals surface area (Å²) in [6.07, 6.45) is 0.606. The van der Waals surface area contributed by atoms with Crippen LogP contribution >= 0.6 is 0 Å². The number of carbonyl (C=O) groups is 2. The SMILES string of the molecule is CCC(C)C(=O)NC(=O)c1cc(C)nc([N+](=O)[O-])c1. The lowest BCUT2D eigenvalue weighted by Gasteiger charge is -2.08. The van der Waals surface area contributed by atoms with E-state index >= 15 is 0 Å². The second-order valence-electron chi connectivity index (χ2n) is 4.24. The Balaban J connectivity index is 2.94. The fourth-order valence-electron chi connectivity index (χ4n) is 1.37. The van der Waals surface area contributed by atoms with Crippen molar-refractivity contribution in [3.63, 3.8) is 0 Å². The van der Waals surface area contributed by atoms with Crippen molar-refractivity contribution in [2.45, 2.75) is 27.2 Å². The third-order valence-corrected chi connectivity index (χ3v) is 2.69. The zero-order valence-corrected chi connectivity index (χ0v) is 11.0. The van der Waals surface area contributed by atoms with Gasteiger partial charge in [0.25, 0.3) is 5.91 Å². The minimum absolute atomic E-state index is 0.0517. The van der Waals surface area contributed by atoms with Crippen molar-refractivity contribution in [2.24, 2.45) is 5.92 Å². The fourth-order valence-corrected chi connectivity index (χ4v) is 1.37. The van der Waals surface area contributed by atoms with Gasteiger partial charge in [-0.05, 0) is 22.4 Å². The highest BCUT2D eigenvalue weighted by atomic mass is 16.6. The van der Waals surface area contributed by atoms with Crippen molar-refractivity contribution < 1.29 is 14.5 Å². The Morgan fingerprint density at radius 2 is 2.11 bits per heavy atom. The molecule has 0 bridgehead atoms. The van der Waals surface area contributed by atoms with Crippen molar-refractivity contribution in [2.75, 3.05) is 0 Å². The molecule has 0 aliphatic rings. The minimum atomic E-state index is -0.680. The van der Waals surface area contributed by atoms with E-state index < -0.39 is 22.6 Å². The summed E-state index contributed by atoms with van der Waals surface area (Å²) in [7, 11) is 0. The van der Waals surface area contributed by atoms with Gasteiger partial charge in [-0.3, -0.25) is 14.9 Å². The summed E-state index contributed by atoms with van der Waals surface area (Å²) in [6, 6.07) is 2.44. The molecule has 1 N–H and O–H groups in total. The maximum Gasteiger partial charge on any atom is 0.364 e. The predicted molar refractivity (Wildman–Crippen MR) is 67.6 cm³/mol. The molecule has 0 aliphatic heterocycles. The van der Waals surface area contributed by atoms with E-state index in [1.54, 1.807) is 13.8 Å². The summed E-state index contributed by atoms with van der Waals surface area (Å²) in [4.78, 5) is 37.1. The molecule has 7 nitrogen and oxygen atoms in total. The van der Waals surface area contributed by atoms with E-state index in [-0.39, 0.29) is 11.5 Å². The summed E-state index contributed by atoms with van der Waals surface area (Å²) in [6.45, 7) is 5.07. The molecule has 19 heavy (non-hydrogen) atoms. The van der Waals surface area contributed by atoms with Crippen LogP contribution in [-0.2, 0) is 4.79 Å². The van der Waals surface area contributed by atoms with Gasteiger partial charge >= 0.3 is 5.82 Å². The van der Waals surface area contributed by atoms with E-state index in [0.717, 1.165) is 6.07 Å². The molecule has 7 heteroatoms. The van der Waals surface area contributed by atoms with Gasteiger partial charge in [0.1, 0.15) is 0 Å². The number of nitrogens with one attached hydrogen (secondary N) is 1. The molecule has 102 valence electrons. The number of aryl methyl sites for hydroxylation is 1. The molecular weight excluding hydrogens is 250 g/mol. The van der Waals surface area contributed by atoms with Gasteiger partial charge in [-0.1, -0.05) is 13.8 Å². The number of rotatable bonds is 4. The first kappa shape index (κ1) is 14.7. The highest BCUT2D eigenvalue weighted by Gasteiger charge is 2.19. The summed E-state index contributed by atoms with van der Waals surface area (Å²) in [5.74, 6) is -1.76. The first-order valence-electron chi connectivity index (χ1n) is 5.83. The van der Waals surface area contributed by atoms with Gasteiger partial charge in [-0.15, -0.1) is 0 Å². The van der Waals surface area contributed by atoms with Crippen LogP contribution in [0.15, 0.2) is 12.1 Å². The second-order valence-corrected chi connectivity index (χ2v) is 4.24. The van der Waals surface area contributed by atoms with E-state index in [1.807, 2.05) is 6.92 Å². The molecule has 1 aromatic heterocycles. The van der Waals surface area contributed by atoms with Gasteiger partial charge in [0.15, 0.2) is 5.69 Å². The van der Waals surface area contributed by atoms with Crippen molar-refractivity contribution in [3.8, 4) is 0 Å². The van der Waals surface area contributed by atoms with E-state index in [1.165, 1.54) is 6.07 Å². The Kier molecular flexibility index (Phi) is 4.68. The third kappa shape index (κ3) is 3.84. The number of pyridine rings is 1. The summed E-state index contributed by atoms with van der Waals surface area (Å²) >= 11 is 0. The van der Waals surface area contributed by atoms with Crippen LogP contribution in [-0.4, -0.2) is 21.7 Å². The molecule has 0 aliphatic carbocycles. The lowest BCUT2D eigenvalue weighted by molar-refractivity contribution is -0.389. The molecule has 0 fully saturated rings. The van der Waals surface area contributed by atoms with Crippen LogP contribution in [0.25, 0.3) is 0 Å². The van der Waals surface area contributed by atoms with Crippen LogP contribution in [0, 0.1) is 23.0 Å². The lowest BCUT2D eigenvalue weighted by atomic mass is 10.1. The number of aromatic nitrogens is 1. The Morgan fingerprint density at radius 3 is 2.63 bits per heavy atom. The average Bonchev–Trinajstić information content (AvgIpc) is 2.36. The second kappa shape index (κ2) is 6.03. The normalized spacial score (nSPS) is 11.7. The number of imide groups is 1. The largest absolute Gasteiger partial charge is 0.364 e. The molecule has 0 aromatic carbocycles. The number of hydrogen-bond donors (Lipinski definition) is 1. The van der Waals surface area contributed by atoms with Crippen molar-refractivity contribution in [3.05, 3.63) is 33.5 Å². The first-order valence-corrected chi connectivity index (χ1v) is 5.83. The number of amides is 2. The molecule has 1 heterocycles. The van der Waals surface area contributed by atoms with Crippen LogP contribution in [0.1, 0.15) is 36.3 Å². The molecule has 1 atom stereocenters. The van der Waals surface area contributed by atoms with Crippen LogP contribution in [0.2, 0.25) is 0 Å². The third-order valence-electron chi connectivity index (χ3n) is 2.69. The van der Waals surface area contributed by atoms with Crippen LogP contribution in [0.5, 0.6) is 0 Å². The van der Waals surface area contributed by atoms with Crippen molar-refractivity contribution >= 4 is 17.6 Å². The molecule has 0 radical (unpaired) electrons. The highest BCUT2D eigenvalue weighted by Crippen LogP contribution is 2.12. The van der Waals surface area contributed by atoms with Crippen molar-refractivity contribution in [1.29, 1.82) is 0 Å². The zero-order chi connectivity index (χ0) is 14.6. The van der Waals surface area contributed by atoms with Gasteiger partial charge in [0.05, 0.1) is 5.56 Å². The Hall–Kier alpha value is -2.31. The highest BCUT2D eigenvalue weighted by molar-refractivity contribution is 6.05. The smallest absolute Gasteiger partial charge is 0.358 e. The number of nitro groups is 1. The molecule has 0 saturated heterocycles. The first-order chi connectivity index (χ1) is 8.85. The Bertz CT molecular complexity index is 528. The monoisotopic (exact) mass is 265 g/mol. The van der Waals surface area contributed by atoms with Gasteiger partial charge < -0.3 is 10.1 Å². The predicted octanol–water partition coefficient (Wildman–Crippen LogP) is 1.60. The van der Waals surface area contributed by atoms with Gasteiger partial charge in [-0.25, -0.2) is 0 Å². The average molecular weight is 265 g/mol. The fraction of sp³-hybridized carbons (Fsp3) is 0.417. The zero-order valence-electron chi connectivity index (χ0n) is 11.0. The molecule has 1 aromatic rings. The lowest BCUT2D eigenvalue weighted by Crippen LogP contribution is -2.34. The summed E-state index contributed by atoms with van der Waals surface area (Å²) in [5, 5.41) is 12.9. The summed E-state index contributed by atoms with van der Waals surface area (Å²) in [5.41, 5.74) is 0.395. The summed E-state index contributed by atoms with van der Waals surface area (Å²) < 4.78 is 0. The van der Waals surface area contributed by atoms with Crippen LogP contribution in [0.4, 0.5) is 5.82 Å². The molecule has 1 rings (SSSR count). The van der Waals surface area contributed by atoms with Gasteiger partial charge in [0.2, 0.25) is 5.91 Å². The Morgan fingerprint density at radius 1 is 1.47 bits per heavy atom. The molecule has 0 spiro atoms. The van der Waals surface area contributed by atoms with Crippen LogP contribution < -0.4 is 5.32 Å². The maximum absolute atomic E-state index is 11.8. The minimum Gasteiger partial charge on any atom is -0.358 e. The molecular formula is C12H15N3O4. The number of nitrogens with zero attached hydrogens (tertiary/aromatic N) is 2. The van der Waals surface area contributed by atoms with Crippen molar-refractivity contribution in [1.82, 2.24) is 10.3 Å². The van der Waals surface area contributed by atoms with E-state index in [2.05, 4.69) is 10.3 Å². The molecule has 0 saturated carbocycles.